The minimum Gasteiger partial charge on any atom is -0.462 e. The van der Waals surface area contributed by atoms with Crippen LogP contribution in [0.15, 0.2) is 24.3 Å². The van der Waals surface area contributed by atoms with E-state index in [0.29, 0.717) is 17.9 Å². The predicted molar refractivity (Wildman–Crippen MR) is 80.1 cm³/mol. The topological polar surface area (TPSA) is 103 Å². The van der Waals surface area contributed by atoms with Crippen molar-refractivity contribution in [1.29, 1.82) is 5.26 Å². The quantitative estimate of drug-likeness (QED) is 0.434. The number of hydrogen-bond acceptors (Lipinski definition) is 5. The van der Waals surface area contributed by atoms with E-state index in [1.165, 1.54) is 0 Å². The number of esters is 1. The summed E-state index contributed by atoms with van der Waals surface area (Å²) in [5, 5.41) is 11.3. The average Bonchev–Trinajstić information content (AvgIpc) is 2.46. The van der Waals surface area contributed by atoms with Gasteiger partial charge in [0.25, 0.3) is 5.91 Å². The maximum atomic E-state index is 11.5. The first kappa shape index (κ1) is 16.4. The summed E-state index contributed by atoms with van der Waals surface area (Å²) in [6, 6.07) is 8.20. The molecule has 0 unspecified atom stereocenters. The number of nitrogens with zero attached hydrogens (tertiary/aromatic N) is 1. The van der Waals surface area contributed by atoms with Gasteiger partial charge in [0.15, 0.2) is 5.11 Å². The molecule has 0 fully saturated rings. The Labute approximate surface area is 127 Å². The first-order valence-corrected chi connectivity index (χ1v) is 6.47. The number of hydrogen-bond donors (Lipinski definition) is 3. The Bertz CT molecular complexity index is 566. The van der Waals surface area contributed by atoms with Crippen molar-refractivity contribution in [3.05, 3.63) is 29.8 Å². The number of hydrazine groups is 1. The molecule has 110 valence electrons. The molecular weight excluding hydrogens is 292 g/mol. The number of thiocarbonyl (C=S) groups is 1. The Balaban J connectivity index is 2.48. The van der Waals surface area contributed by atoms with Gasteiger partial charge in [-0.05, 0) is 43.4 Å². The van der Waals surface area contributed by atoms with E-state index in [1.54, 1.807) is 37.3 Å². The highest BCUT2D eigenvalue weighted by molar-refractivity contribution is 7.80. The summed E-state index contributed by atoms with van der Waals surface area (Å²) >= 11 is 4.95. The molecule has 0 saturated heterocycles. The molecule has 0 aliphatic heterocycles. The summed E-state index contributed by atoms with van der Waals surface area (Å²) in [5.41, 5.74) is 5.78. The van der Waals surface area contributed by atoms with Crippen molar-refractivity contribution in [2.24, 2.45) is 0 Å². The zero-order chi connectivity index (χ0) is 15.7. The van der Waals surface area contributed by atoms with Gasteiger partial charge in [-0.3, -0.25) is 15.6 Å². The summed E-state index contributed by atoms with van der Waals surface area (Å²) in [6.45, 7) is 2.05. The predicted octanol–water partition coefficient (Wildman–Crippen LogP) is 1.09. The molecule has 1 aromatic rings. The van der Waals surface area contributed by atoms with Crippen molar-refractivity contribution >= 4 is 34.9 Å². The molecule has 3 N–H and O–H groups in total. The minimum atomic E-state index is -0.487. The van der Waals surface area contributed by atoms with Crippen LogP contribution in [0.25, 0.3) is 0 Å². The summed E-state index contributed by atoms with van der Waals surface area (Å²) < 4.78 is 4.87. The highest BCUT2D eigenvalue weighted by Crippen LogP contribution is 2.10. The van der Waals surface area contributed by atoms with Gasteiger partial charge < -0.3 is 10.1 Å². The number of carbonyl (C=O) groups excluding carboxylic acids is 2. The standard InChI is InChI=1S/C13H14N4O3S/c1-2-20-12(19)9-3-5-10(6-4-9)15-13(21)17-16-11(18)7-8-14/h3-6H,2,7H2,1H3,(H,16,18)(H2,15,17,21). The fourth-order valence-corrected chi connectivity index (χ4v) is 1.48. The van der Waals surface area contributed by atoms with Gasteiger partial charge in [-0.2, -0.15) is 5.26 Å². The van der Waals surface area contributed by atoms with E-state index in [0.717, 1.165) is 0 Å². The van der Waals surface area contributed by atoms with Crippen LogP contribution >= 0.6 is 12.2 Å². The van der Waals surface area contributed by atoms with Crippen molar-refractivity contribution in [3.63, 3.8) is 0 Å². The number of anilines is 1. The lowest BCUT2D eigenvalue weighted by Crippen LogP contribution is -2.43. The fraction of sp³-hybridized carbons (Fsp3) is 0.231. The highest BCUT2D eigenvalue weighted by atomic mass is 32.1. The highest BCUT2D eigenvalue weighted by Gasteiger charge is 2.06. The maximum Gasteiger partial charge on any atom is 0.338 e. The Morgan fingerprint density at radius 1 is 1.29 bits per heavy atom. The number of rotatable bonds is 4. The molecule has 0 heterocycles. The Morgan fingerprint density at radius 3 is 2.52 bits per heavy atom. The molecule has 0 radical (unpaired) electrons. The number of ether oxygens (including phenoxy) is 1. The third kappa shape index (κ3) is 5.88. The van der Waals surface area contributed by atoms with Crippen LogP contribution in [-0.2, 0) is 9.53 Å². The molecule has 1 amide bonds. The monoisotopic (exact) mass is 306 g/mol. The third-order valence-corrected chi connectivity index (χ3v) is 2.41. The van der Waals surface area contributed by atoms with Gasteiger partial charge in [-0.15, -0.1) is 0 Å². The molecule has 0 aliphatic carbocycles. The number of amides is 1. The largest absolute Gasteiger partial charge is 0.462 e. The van der Waals surface area contributed by atoms with Crippen LogP contribution in [0, 0.1) is 11.3 Å². The lowest BCUT2D eigenvalue weighted by molar-refractivity contribution is -0.120. The Hall–Kier alpha value is -2.66. The van der Waals surface area contributed by atoms with Crippen LogP contribution in [-0.4, -0.2) is 23.6 Å². The molecule has 0 spiro atoms. The molecule has 1 aromatic carbocycles. The van der Waals surface area contributed by atoms with E-state index in [2.05, 4.69) is 16.2 Å². The second-order valence-corrected chi connectivity index (χ2v) is 4.17. The SMILES string of the molecule is CCOC(=O)c1ccc(NC(=S)NNC(=O)CC#N)cc1. The summed E-state index contributed by atoms with van der Waals surface area (Å²) in [4.78, 5) is 22.5. The Kier molecular flexibility index (Phi) is 6.63. The van der Waals surface area contributed by atoms with Gasteiger partial charge in [0.2, 0.25) is 0 Å². The van der Waals surface area contributed by atoms with Crippen LogP contribution in [0.4, 0.5) is 5.69 Å². The van der Waals surface area contributed by atoms with E-state index < -0.39 is 11.9 Å². The van der Waals surface area contributed by atoms with Crippen LogP contribution in [0.5, 0.6) is 0 Å². The van der Waals surface area contributed by atoms with E-state index in [4.69, 9.17) is 22.2 Å². The molecule has 0 aromatic heterocycles. The molecule has 8 heteroatoms. The number of benzene rings is 1. The zero-order valence-corrected chi connectivity index (χ0v) is 12.1. The molecular formula is C13H14N4O3S. The van der Waals surface area contributed by atoms with Crippen molar-refractivity contribution < 1.29 is 14.3 Å². The molecule has 0 bridgehead atoms. The van der Waals surface area contributed by atoms with Crippen LogP contribution in [0.2, 0.25) is 0 Å². The van der Waals surface area contributed by atoms with Gasteiger partial charge in [0, 0.05) is 5.69 Å². The van der Waals surface area contributed by atoms with Gasteiger partial charge in [-0.25, -0.2) is 4.79 Å². The van der Waals surface area contributed by atoms with Crippen molar-refractivity contribution in [2.45, 2.75) is 13.3 Å². The fourth-order valence-electron chi connectivity index (χ4n) is 1.31. The summed E-state index contributed by atoms with van der Waals surface area (Å²) in [6.07, 6.45) is -0.260. The van der Waals surface area contributed by atoms with E-state index in [-0.39, 0.29) is 11.5 Å². The van der Waals surface area contributed by atoms with Gasteiger partial charge in [0.1, 0.15) is 6.42 Å². The molecule has 7 nitrogen and oxygen atoms in total. The minimum absolute atomic E-state index is 0.158. The first-order chi connectivity index (χ1) is 10.1. The average molecular weight is 306 g/mol. The maximum absolute atomic E-state index is 11.5. The van der Waals surface area contributed by atoms with Crippen LogP contribution < -0.4 is 16.2 Å². The van der Waals surface area contributed by atoms with Gasteiger partial charge in [0.05, 0.1) is 18.2 Å². The van der Waals surface area contributed by atoms with Gasteiger partial charge >= 0.3 is 5.97 Å². The number of nitriles is 1. The number of nitrogens with one attached hydrogen (secondary N) is 3. The van der Waals surface area contributed by atoms with Crippen molar-refractivity contribution in [1.82, 2.24) is 10.9 Å². The first-order valence-electron chi connectivity index (χ1n) is 6.06. The van der Waals surface area contributed by atoms with Crippen LogP contribution in [0.1, 0.15) is 23.7 Å². The second kappa shape index (κ2) is 8.50. The van der Waals surface area contributed by atoms with Crippen molar-refractivity contribution in [2.75, 3.05) is 11.9 Å². The summed E-state index contributed by atoms with van der Waals surface area (Å²) in [7, 11) is 0. The smallest absolute Gasteiger partial charge is 0.338 e. The van der Waals surface area contributed by atoms with Crippen molar-refractivity contribution in [3.8, 4) is 6.07 Å². The molecule has 0 saturated carbocycles. The molecule has 1 rings (SSSR count). The molecule has 21 heavy (non-hydrogen) atoms. The lowest BCUT2D eigenvalue weighted by atomic mass is 10.2. The van der Waals surface area contributed by atoms with Gasteiger partial charge in [-0.1, -0.05) is 0 Å². The number of carbonyl (C=O) groups is 2. The van der Waals surface area contributed by atoms with E-state index in [9.17, 15) is 9.59 Å². The third-order valence-electron chi connectivity index (χ3n) is 2.21. The second-order valence-electron chi connectivity index (χ2n) is 3.76. The molecule has 0 aliphatic rings. The normalized spacial score (nSPS) is 9.14. The van der Waals surface area contributed by atoms with E-state index >= 15 is 0 Å². The Morgan fingerprint density at radius 2 is 1.95 bits per heavy atom. The lowest BCUT2D eigenvalue weighted by Gasteiger charge is -2.11. The summed E-state index contributed by atoms with van der Waals surface area (Å²) in [5.74, 6) is -0.882. The molecule has 0 atom stereocenters. The zero-order valence-electron chi connectivity index (χ0n) is 11.3. The van der Waals surface area contributed by atoms with E-state index in [1.807, 2.05) is 0 Å². The van der Waals surface area contributed by atoms with Crippen LogP contribution in [0.3, 0.4) is 0 Å².